The highest BCUT2D eigenvalue weighted by Gasteiger charge is 2.00. The van der Waals surface area contributed by atoms with Gasteiger partial charge in [-0.2, -0.15) is 0 Å². The number of thioether (sulfide) groups is 1. The first-order valence-corrected chi connectivity index (χ1v) is 6.50. The second kappa shape index (κ2) is 7.79. The van der Waals surface area contributed by atoms with Gasteiger partial charge in [0.1, 0.15) is 5.75 Å². The van der Waals surface area contributed by atoms with Crippen molar-refractivity contribution in [2.45, 2.75) is 5.75 Å². The molecule has 0 spiro atoms. The maximum absolute atomic E-state index is 11.3. The lowest BCUT2D eigenvalue weighted by Gasteiger charge is -2.04. The molecule has 0 bridgehead atoms. The van der Waals surface area contributed by atoms with Gasteiger partial charge in [-0.15, -0.1) is 18.3 Å². The van der Waals surface area contributed by atoms with Gasteiger partial charge in [-0.05, 0) is 17.7 Å². The second-order valence-corrected chi connectivity index (χ2v) is 4.42. The maximum Gasteiger partial charge on any atom is 0.230 e. The zero-order chi connectivity index (χ0) is 12.5. The van der Waals surface area contributed by atoms with Crippen molar-refractivity contribution < 1.29 is 9.53 Å². The van der Waals surface area contributed by atoms with E-state index in [1.54, 1.807) is 24.9 Å². The second-order valence-electron chi connectivity index (χ2n) is 3.43. The molecule has 17 heavy (non-hydrogen) atoms. The molecule has 1 amide bonds. The van der Waals surface area contributed by atoms with Crippen LogP contribution in [0.3, 0.4) is 0 Å². The summed E-state index contributed by atoms with van der Waals surface area (Å²) in [6, 6.07) is 7.86. The third-order valence-corrected chi connectivity index (χ3v) is 3.11. The van der Waals surface area contributed by atoms with Crippen molar-refractivity contribution in [3.63, 3.8) is 0 Å². The Hall–Kier alpha value is -1.42. The van der Waals surface area contributed by atoms with Crippen molar-refractivity contribution in [1.29, 1.82) is 0 Å². The van der Waals surface area contributed by atoms with E-state index in [0.717, 1.165) is 11.5 Å². The van der Waals surface area contributed by atoms with Crippen LogP contribution in [0.1, 0.15) is 5.56 Å². The Balaban J connectivity index is 2.25. The number of benzene rings is 1. The largest absolute Gasteiger partial charge is 0.497 e. The summed E-state index contributed by atoms with van der Waals surface area (Å²) in [5.74, 6) is 2.19. The van der Waals surface area contributed by atoms with Crippen LogP contribution < -0.4 is 10.1 Å². The predicted octanol–water partition coefficient (Wildman–Crippen LogP) is 2.23. The molecule has 0 radical (unpaired) electrons. The van der Waals surface area contributed by atoms with Crippen LogP contribution in [-0.4, -0.2) is 25.3 Å². The Labute approximate surface area is 106 Å². The number of amides is 1. The van der Waals surface area contributed by atoms with E-state index in [-0.39, 0.29) is 5.91 Å². The zero-order valence-electron chi connectivity index (χ0n) is 9.94. The first kappa shape index (κ1) is 13.6. The Kier molecular flexibility index (Phi) is 6.25. The van der Waals surface area contributed by atoms with Crippen molar-refractivity contribution in [3.05, 3.63) is 42.5 Å². The maximum atomic E-state index is 11.3. The van der Waals surface area contributed by atoms with E-state index in [9.17, 15) is 4.79 Å². The Bertz CT molecular complexity index is 362. The van der Waals surface area contributed by atoms with Crippen LogP contribution in [0.4, 0.5) is 0 Å². The molecule has 1 aromatic rings. The van der Waals surface area contributed by atoms with E-state index in [0.29, 0.717) is 12.3 Å². The molecule has 0 heterocycles. The van der Waals surface area contributed by atoms with Crippen LogP contribution in [0.5, 0.6) is 5.75 Å². The van der Waals surface area contributed by atoms with E-state index < -0.39 is 0 Å². The highest BCUT2D eigenvalue weighted by molar-refractivity contribution is 7.99. The molecule has 0 aliphatic heterocycles. The van der Waals surface area contributed by atoms with Gasteiger partial charge in [0.15, 0.2) is 0 Å². The molecule has 4 heteroatoms. The number of hydrogen-bond acceptors (Lipinski definition) is 3. The third-order valence-electron chi connectivity index (χ3n) is 2.10. The molecule has 0 saturated heterocycles. The number of nitrogens with one attached hydrogen (secondary N) is 1. The number of rotatable bonds is 7. The highest BCUT2D eigenvalue weighted by Crippen LogP contribution is 2.16. The molecule has 0 atom stereocenters. The fraction of sp³-hybridized carbons (Fsp3) is 0.308. The molecule has 0 aromatic heterocycles. The van der Waals surface area contributed by atoms with E-state index in [1.165, 1.54) is 5.56 Å². The normalized spacial score (nSPS) is 9.71. The molecule has 1 aromatic carbocycles. The minimum Gasteiger partial charge on any atom is -0.497 e. The SMILES string of the molecule is C=CCNC(=O)CSCc1ccc(OC)cc1. The number of ether oxygens (including phenoxy) is 1. The van der Waals surface area contributed by atoms with Gasteiger partial charge in [-0.3, -0.25) is 4.79 Å². The molecule has 3 nitrogen and oxygen atoms in total. The Morgan fingerprint density at radius 2 is 2.18 bits per heavy atom. The molecule has 0 saturated carbocycles. The van der Waals surface area contributed by atoms with E-state index in [4.69, 9.17) is 4.74 Å². The minimum absolute atomic E-state index is 0.0448. The van der Waals surface area contributed by atoms with Gasteiger partial charge < -0.3 is 10.1 Å². The lowest BCUT2D eigenvalue weighted by Crippen LogP contribution is -2.24. The van der Waals surface area contributed by atoms with E-state index in [1.807, 2.05) is 24.3 Å². The standard InChI is InChI=1S/C13H17NO2S/c1-3-8-14-13(15)10-17-9-11-4-6-12(16-2)7-5-11/h3-7H,1,8-10H2,2H3,(H,14,15). The van der Waals surface area contributed by atoms with Crippen LogP contribution in [-0.2, 0) is 10.5 Å². The van der Waals surface area contributed by atoms with Gasteiger partial charge in [-0.25, -0.2) is 0 Å². The topological polar surface area (TPSA) is 38.3 Å². The summed E-state index contributed by atoms with van der Waals surface area (Å²) in [7, 11) is 1.65. The van der Waals surface area contributed by atoms with E-state index >= 15 is 0 Å². The van der Waals surface area contributed by atoms with Crippen molar-refractivity contribution in [1.82, 2.24) is 5.32 Å². The molecule has 0 unspecified atom stereocenters. The van der Waals surface area contributed by atoms with Crippen LogP contribution in [0, 0.1) is 0 Å². The fourth-order valence-corrected chi connectivity index (χ4v) is 2.04. The molecule has 0 aliphatic carbocycles. The molecule has 0 fully saturated rings. The van der Waals surface area contributed by atoms with Crippen molar-refractivity contribution in [2.24, 2.45) is 0 Å². The first-order chi connectivity index (χ1) is 8.26. The van der Waals surface area contributed by atoms with Gasteiger partial charge in [0.25, 0.3) is 0 Å². The van der Waals surface area contributed by atoms with Gasteiger partial charge in [0.05, 0.1) is 12.9 Å². The van der Waals surface area contributed by atoms with Crippen molar-refractivity contribution in [3.8, 4) is 5.75 Å². The van der Waals surface area contributed by atoms with Gasteiger partial charge in [0.2, 0.25) is 5.91 Å². The average Bonchev–Trinajstić information content (AvgIpc) is 2.37. The number of methoxy groups -OCH3 is 1. The number of carbonyl (C=O) groups excluding carboxylic acids is 1. The average molecular weight is 251 g/mol. The number of carbonyl (C=O) groups is 1. The number of hydrogen-bond donors (Lipinski definition) is 1. The van der Waals surface area contributed by atoms with Crippen molar-refractivity contribution >= 4 is 17.7 Å². The molecule has 92 valence electrons. The highest BCUT2D eigenvalue weighted by atomic mass is 32.2. The first-order valence-electron chi connectivity index (χ1n) is 5.34. The zero-order valence-corrected chi connectivity index (χ0v) is 10.8. The van der Waals surface area contributed by atoms with Gasteiger partial charge in [0, 0.05) is 12.3 Å². The summed E-state index contributed by atoms with van der Waals surface area (Å²) in [5.41, 5.74) is 1.19. The molecular weight excluding hydrogens is 234 g/mol. The molecule has 0 aliphatic rings. The lowest BCUT2D eigenvalue weighted by atomic mass is 10.2. The van der Waals surface area contributed by atoms with Crippen LogP contribution in [0.25, 0.3) is 0 Å². The third kappa shape index (κ3) is 5.45. The van der Waals surface area contributed by atoms with Crippen LogP contribution >= 0.6 is 11.8 Å². The summed E-state index contributed by atoms with van der Waals surface area (Å²) in [6.45, 7) is 4.07. The quantitative estimate of drug-likeness (QED) is 0.755. The summed E-state index contributed by atoms with van der Waals surface area (Å²) in [5, 5.41) is 2.74. The lowest BCUT2D eigenvalue weighted by molar-refractivity contribution is -0.118. The van der Waals surface area contributed by atoms with Gasteiger partial charge >= 0.3 is 0 Å². The summed E-state index contributed by atoms with van der Waals surface area (Å²) < 4.78 is 5.08. The summed E-state index contributed by atoms with van der Waals surface area (Å²) >= 11 is 1.59. The summed E-state index contributed by atoms with van der Waals surface area (Å²) in [4.78, 5) is 11.3. The fourth-order valence-electron chi connectivity index (χ4n) is 1.22. The molecule has 1 rings (SSSR count). The minimum atomic E-state index is 0.0448. The van der Waals surface area contributed by atoms with Gasteiger partial charge in [-0.1, -0.05) is 18.2 Å². The predicted molar refractivity (Wildman–Crippen MR) is 72.4 cm³/mol. The summed E-state index contributed by atoms with van der Waals surface area (Å²) in [6.07, 6.45) is 1.67. The van der Waals surface area contributed by atoms with Crippen molar-refractivity contribution in [2.75, 3.05) is 19.4 Å². The monoisotopic (exact) mass is 251 g/mol. The molecule has 1 N–H and O–H groups in total. The Morgan fingerprint density at radius 1 is 1.47 bits per heavy atom. The van der Waals surface area contributed by atoms with Crippen LogP contribution in [0.2, 0.25) is 0 Å². The smallest absolute Gasteiger partial charge is 0.230 e. The van der Waals surface area contributed by atoms with Crippen LogP contribution in [0.15, 0.2) is 36.9 Å². The van der Waals surface area contributed by atoms with E-state index in [2.05, 4.69) is 11.9 Å². The Morgan fingerprint density at radius 3 is 2.76 bits per heavy atom. The molecular formula is C13H17NO2S.